The van der Waals surface area contributed by atoms with Crippen LogP contribution in [0.3, 0.4) is 0 Å². The Morgan fingerprint density at radius 3 is 2.09 bits per heavy atom. The Balaban J connectivity index is 0.947. The van der Waals surface area contributed by atoms with Crippen molar-refractivity contribution in [1.82, 2.24) is 20.4 Å². The number of rotatable bonds is 27. The number of piperidine rings is 2. The van der Waals surface area contributed by atoms with Gasteiger partial charge in [0.05, 0.1) is 70.3 Å². The lowest BCUT2D eigenvalue weighted by atomic mass is 9.91. The van der Waals surface area contributed by atoms with Gasteiger partial charge in [-0.05, 0) is 150 Å². The van der Waals surface area contributed by atoms with E-state index in [1.54, 1.807) is 61.6 Å². The number of aryl methyl sites for hydroxylation is 1. The van der Waals surface area contributed by atoms with Gasteiger partial charge >= 0.3 is 5.97 Å². The lowest BCUT2D eigenvalue weighted by Gasteiger charge is -2.37. The minimum Gasteiger partial charge on any atom is -0.493 e. The van der Waals surface area contributed by atoms with Crippen LogP contribution in [0.5, 0.6) is 34.5 Å². The van der Waals surface area contributed by atoms with Crippen molar-refractivity contribution in [3.05, 3.63) is 101 Å². The summed E-state index contributed by atoms with van der Waals surface area (Å²) in [6.07, 6.45) is 3.82. The molecule has 3 N–H and O–H groups in total. The molecule has 20 nitrogen and oxygen atoms in total. The molecule has 0 aromatic heterocycles. The van der Waals surface area contributed by atoms with Gasteiger partial charge in [-0.3, -0.25) is 39.0 Å². The highest BCUT2D eigenvalue weighted by Crippen LogP contribution is 2.42. The topological polar surface area (TPSA) is 236 Å². The van der Waals surface area contributed by atoms with Crippen LogP contribution in [-0.4, -0.2) is 136 Å². The molecule has 0 bridgehead atoms. The zero-order chi connectivity index (χ0) is 58.6. The van der Waals surface area contributed by atoms with Crippen LogP contribution in [0.25, 0.3) is 0 Å². The molecule has 2 saturated heterocycles. The molecule has 4 aromatic rings. The van der Waals surface area contributed by atoms with Crippen LogP contribution >= 0.6 is 0 Å². The summed E-state index contributed by atoms with van der Waals surface area (Å²) in [5.41, 5.74) is 2.00. The summed E-state index contributed by atoms with van der Waals surface area (Å²) in [7, 11) is 7.71. The molecular formula is C61H77N5O15. The highest BCUT2D eigenvalue weighted by atomic mass is 16.5. The minimum absolute atomic E-state index is 0.0332. The van der Waals surface area contributed by atoms with Crippen molar-refractivity contribution >= 4 is 47.1 Å². The SMILES string of the molecule is CC[C@H](C(=O)N1CCCC[C@H]1C(=O)O[C@H](CCc1ccc(OC)c(OC)c1)c1ccc(OCC(=O)NCCC(C)(CC)OCC(C)(C)Nc2ccc3c(c2)C(=O)N(C2CCC(=O)NC2=O)C3=O)cc1)c1cc(OC)c(OC)c(OC)c1. The Morgan fingerprint density at radius 1 is 0.753 bits per heavy atom. The number of hydrogen-bond acceptors (Lipinski definition) is 16. The number of benzene rings is 4. The molecule has 3 aliphatic rings. The number of nitrogens with one attached hydrogen (secondary N) is 3. The molecule has 3 aliphatic heterocycles. The second kappa shape index (κ2) is 27.1. The molecule has 81 heavy (non-hydrogen) atoms. The summed E-state index contributed by atoms with van der Waals surface area (Å²) in [6.45, 7) is 10.5. The summed E-state index contributed by atoms with van der Waals surface area (Å²) >= 11 is 0. The van der Waals surface area contributed by atoms with Crippen molar-refractivity contribution in [2.75, 3.05) is 67.2 Å². The minimum atomic E-state index is -1.06. The van der Waals surface area contributed by atoms with E-state index in [-0.39, 0.29) is 49.0 Å². The maximum Gasteiger partial charge on any atom is 0.329 e. The lowest BCUT2D eigenvalue weighted by Crippen LogP contribution is -2.54. The number of fused-ring (bicyclic) bond motifs is 1. The third-order valence-corrected chi connectivity index (χ3v) is 15.3. The van der Waals surface area contributed by atoms with Gasteiger partial charge in [0, 0.05) is 25.2 Å². The number of ether oxygens (including phenoxy) is 8. The van der Waals surface area contributed by atoms with Crippen LogP contribution in [0.2, 0.25) is 0 Å². The molecule has 0 aliphatic carbocycles. The smallest absolute Gasteiger partial charge is 0.329 e. The van der Waals surface area contributed by atoms with E-state index >= 15 is 0 Å². The fourth-order valence-electron chi connectivity index (χ4n) is 10.5. The zero-order valence-electron chi connectivity index (χ0n) is 48.2. The highest BCUT2D eigenvalue weighted by Gasteiger charge is 2.45. The van der Waals surface area contributed by atoms with Crippen molar-refractivity contribution in [2.45, 2.75) is 134 Å². The number of carbonyl (C=O) groups is 7. The first-order valence-electron chi connectivity index (χ1n) is 27.6. The van der Waals surface area contributed by atoms with E-state index in [4.69, 9.17) is 37.9 Å². The number of amides is 6. The van der Waals surface area contributed by atoms with Gasteiger partial charge < -0.3 is 53.4 Å². The monoisotopic (exact) mass is 1120 g/mol. The lowest BCUT2D eigenvalue weighted by molar-refractivity contribution is -0.162. The molecule has 2 unspecified atom stereocenters. The van der Waals surface area contributed by atoms with E-state index in [1.165, 1.54) is 21.3 Å². The Kier molecular flexibility index (Phi) is 20.3. The van der Waals surface area contributed by atoms with Gasteiger partial charge in [-0.1, -0.05) is 32.0 Å². The third-order valence-electron chi connectivity index (χ3n) is 15.3. The maximum absolute atomic E-state index is 14.5. The largest absolute Gasteiger partial charge is 0.493 e. The standard InChI is InChI=1S/C61H77N5O15/c1-11-42(39-32-50(76-8)54(78-10)51(33-39)77-9)56(70)65-30-14-13-15-46(65)59(73)81-47(25-16-37-17-26-48(74-6)49(31-37)75-7)38-18-21-41(22-19-38)79-35-53(68)62-29-28-61(5,12-2)80-36-60(3,4)64-40-20-23-43-44(34-40)58(72)66(57(43)71)45-24-27-52(67)63-55(45)69/h17-23,26,31-34,42,45-47,64H,11-16,24-25,27-30,35-36H2,1-10H3,(H,62,68)(H,63,67,69)/t42-,45?,46-,47+,61?/m0/s1. The molecule has 3 heterocycles. The van der Waals surface area contributed by atoms with Crippen molar-refractivity contribution in [3.8, 4) is 34.5 Å². The first-order chi connectivity index (χ1) is 38.8. The van der Waals surface area contributed by atoms with Gasteiger partial charge in [0.25, 0.3) is 17.7 Å². The second-order valence-corrected chi connectivity index (χ2v) is 21.4. The van der Waals surface area contributed by atoms with Gasteiger partial charge in [-0.15, -0.1) is 0 Å². The van der Waals surface area contributed by atoms with E-state index < -0.39 is 64.8 Å². The van der Waals surface area contributed by atoms with Gasteiger partial charge in [0.15, 0.2) is 29.6 Å². The molecule has 0 spiro atoms. The number of hydrogen-bond donors (Lipinski definition) is 3. The number of methoxy groups -OCH3 is 5. The Morgan fingerprint density at radius 2 is 1.44 bits per heavy atom. The maximum atomic E-state index is 14.5. The van der Waals surface area contributed by atoms with Crippen LogP contribution in [0.1, 0.15) is 142 Å². The van der Waals surface area contributed by atoms with E-state index in [2.05, 4.69) is 16.0 Å². The Labute approximate surface area is 473 Å². The second-order valence-electron chi connectivity index (χ2n) is 21.4. The number of esters is 1. The molecule has 6 amide bonds. The average Bonchev–Trinajstić information content (AvgIpc) is 4.02. The summed E-state index contributed by atoms with van der Waals surface area (Å²) < 4.78 is 46.6. The predicted molar refractivity (Wildman–Crippen MR) is 300 cm³/mol. The van der Waals surface area contributed by atoms with E-state index in [1.807, 2.05) is 65.0 Å². The predicted octanol–water partition coefficient (Wildman–Crippen LogP) is 7.88. The quantitative estimate of drug-likeness (QED) is 0.0380. The van der Waals surface area contributed by atoms with Gasteiger partial charge in [-0.25, -0.2) is 4.79 Å². The number of nitrogens with zero attached hydrogens (tertiary/aromatic N) is 2. The molecule has 0 radical (unpaired) electrons. The fraction of sp³-hybridized carbons (Fsp3) is 0.492. The molecule has 0 saturated carbocycles. The average molecular weight is 1120 g/mol. The normalized spacial score (nSPS) is 17.7. The van der Waals surface area contributed by atoms with Crippen LogP contribution in [0.4, 0.5) is 5.69 Å². The van der Waals surface area contributed by atoms with Gasteiger partial charge in [0.2, 0.25) is 23.5 Å². The number of anilines is 1. The van der Waals surface area contributed by atoms with E-state index in [0.29, 0.717) is 103 Å². The highest BCUT2D eigenvalue weighted by molar-refractivity contribution is 6.23. The van der Waals surface area contributed by atoms with Crippen LogP contribution in [-0.2, 0) is 39.9 Å². The van der Waals surface area contributed by atoms with Crippen molar-refractivity contribution in [1.29, 1.82) is 0 Å². The summed E-state index contributed by atoms with van der Waals surface area (Å²) in [6, 6.07) is 19.3. The van der Waals surface area contributed by atoms with Crippen LogP contribution in [0.15, 0.2) is 72.8 Å². The fourth-order valence-corrected chi connectivity index (χ4v) is 10.5. The first kappa shape index (κ1) is 60.8. The Hall–Kier alpha value is -7.87. The molecule has 5 atom stereocenters. The summed E-state index contributed by atoms with van der Waals surface area (Å²) in [4.78, 5) is 95.6. The van der Waals surface area contributed by atoms with Crippen molar-refractivity contribution in [2.24, 2.45) is 0 Å². The molecular weight excluding hydrogens is 1040 g/mol. The summed E-state index contributed by atoms with van der Waals surface area (Å²) in [5, 5.41) is 8.55. The molecule has 4 aromatic carbocycles. The number of carbonyl (C=O) groups excluding carboxylic acids is 7. The van der Waals surface area contributed by atoms with Crippen molar-refractivity contribution in [3.63, 3.8) is 0 Å². The molecule has 436 valence electrons. The zero-order valence-corrected chi connectivity index (χ0v) is 48.2. The molecule has 7 rings (SSSR count). The van der Waals surface area contributed by atoms with E-state index in [0.717, 1.165) is 23.3 Å². The Bertz CT molecular complexity index is 2920. The molecule has 2 fully saturated rings. The van der Waals surface area contributed by atoms with Crippen LogP contribution < -0.4 is 44.4 Å². The van der Waals surface area contributed by atoms with Crippen molar-refractivity contribution < 1.29 is 71.5 Å². The van der Waals surface area contributed by atoms with Gasteiger partial charge in [-0.2, -0.15) is 0 Å². The number of imide groups is 2. The van der Waals surface area contributed by atoms with E-state index in [9.17, 15) is 33.6 Å². The number of likely N-dealkylation sites (tertiary alicyclic amines) is 1. The molecule has 20 heteroatoms. The first-order valence-corrected chi connectivity index (χ1v) is 27.6. The third kappa shape index (κ3) is 14.6. The van der Waals surface area contributed by atoms with Gasteiger partial charge in [0.1, 0.15) is 23.9 Å². The summed E-state index contributed by atoms with van der Waals surface area (Å²) in [5.74, 6) is -1.03. The van der Waals surface area contributed by atoms with Crippen LogP contribution in [0, 0.1) is 0 Å².